The van der Waals surface area contributed by atoms with Crippen molar-refractivity contribution in [1.29, 1.82) is 5.26 Å². The molecule has 0 spiro atoms. The topological polar surface area (TPSA) is 128 Å². The van der Waals surface area contributed by atoms with Crippen molar-refractivity contribution in [2.45, 2.75) is 6.18 Å². The number of alkyl halides is 3. The Morgan fingerprint density at radius 2 is 2.17 bits per heavy atom. The fourth-order valence-corrected chi connectivity index (χ4v) is 1.60. The summed E-state index contributed by atoms with van der Waals surface area (Å²) in [4.78, 5) is 11.1. The number of halogens is 3. The number of benzene rings is 1. The minimum atomic E-state index is -4.64. The largest absolute Gasteiger partial charge is 0.478 e. The summed E-state index contributed by atoms with van der Waals surface area (Å²) in [7, 11) is 0. The van der Waals surface area contributed by atoms with Gasteiger partial charge in [0.2, 0.25) is 5.82 Å². The quantitative estimate of drug-likeness (QED) is 0.733. The monoisotopic (exact) mass is 324 g/mol. The summed E-state index contributed by atoms with van der Waals surface area (Å²) in [6.45, 7) is 0. The van der Waals surface area contributed by atoms with Crippen LogP contribution in [0.1, 0.15) is 21.7 Å². The lowest BCUT2D eigenvalue weighted by Crippen LogP contribution is -2.09. The van der Waals surface area contributed by atoms with Gasteiger partial charge in [-0.15, -0.1) is 10.2 Å². The Hall–Kier alpha value is -3.42. The average molecular weight is 324 g/mol. The maximum absolute atomic E-state index is 12.7. The van der Waals surface area contributed by atoms with Gasteiger partial charge in [0, 0.05) is 6.20 Å². The van der Waals surface area contributed by atoms with E-state index in [9.17, 15) is 18.0 Å². The van der Waals surface area contributed by atoms with E-state index in [1.54, 1.807) is 6.07 Å². The van der Waals surface area contributed by atoms with E-state index in [1.807, 2.05) is 0 Å². The summed E-state index contributed by atoms with van der Waals surface area (Å²) in [5.41, 5.74) is -1.90. The zero-order valence-corrected chi connectivity index (χ0v) is 11.1. The molecule has 0 radical (unpaired) electrons. The zero-order valence-electron chi connectivity index (χ0n) is 11.1. The van der Waals surface area contributed by atoms with Crippen LogP contribution in [0.5, 0.6) is 0 Å². The van der Waals surface area contributed by atoms with Crippen LogP contribution >= 0.6 is 0 Å². The van der Waals surface area contributed by atoms with Crippen molar-refractivity contribution in [3.05, 3.63) is 41.4 Å². The summed E-state index contributed by atoms with van der Waals surface area (Å²) < 4.78 is 38.1. The number of rotatable bonds is 4. The number of aromatic carboxylic acids is 1. The number of aromatic amines is 1. The number of carbonyl (C=O) groups is 1. The van der Waals surface area contributed by atoms with Crippen LogP contribution < -0.4 is 5.32 Å². The Morgan fingerprint density at radius 3 is 2.70 bits per heavy atom. The first-order valence-corrected chi connectivity index (χ1v) is 5.88. The van der Waals surface area contributed by atoms with Crippen LogP contribution in [0.3, 0.4) is 0 Å². The highest BCUT2D eigenvalue weighted by molar-refractivity contribution is 5.95. The number of hydrogen-bond acceptors (Lipinski definition) is 6. The van der Waals surface area contributed by atoms with E-state index >= 15 is 0 Å². The molecule has 0 bridgehead atoms. The highest BCUT2D eigenvalue weighted by Crippen LogP contribution is 2.32. The lowest BCUT2D eigenvalue weighted by atomic mass is 10.1. The molecule has 0 amide bonds. The number of carboxylic acid groups (broad SMARTS) is 1. The molecule has 2 aromatic rings. The minimum Gasteiger partial charge on any atom is -0.478 e. The second-order valence-electron chi connectivity index (χ2n) is 4.11. The van der Waals surface area contributed by atoms with Crippen molar-refractivity contribution in [2.24, 2.45) is 0 Å². The maximum Gasteiger partial charge on any atom is 0.416 e. The SMILES string of the molecule is N#CC(=CNc1cc(C(F)(F)F)ccc1C(=O)O)c1nn[nH]n1. The predicted octanol–water partition coefficient (Wildman–Crippen LogP) is 1.89. The first-order chi connectivity index (χ1) is 10.8. The first-order valence-electron chi connectivity index (χ1n) is 5.88. The van der Waals surface area contributed by atoms with Gasteiger partial charge in [-0.25, -0.2) is 4.79 Å². The van der Waals surface area contributed by atoms with E-state index in [2.05, 4.69) is 25.9 Å². The van der Waals surface area contributed by atoms with Crippen LogP contribution in [0, 0.1) is 11.3 Å². The van der Waals surface area contributed by atoms with Crippen LogP contribution in [-0.4, -0.2) is 31.7 Å². The molecule has 0 atom stereocenters. The number of H-pyrrole nitrogens is 1. The third-order valence-electron chi connectivity index (χ3n) is 2.66. The Balaban J connectivity index is 2.41. The molecule has 0 fully saturated rings. The highest BCUT2D eigenvalue weighted by atomic mass is 19.4. The molecule has 8 nitrogen and oxygen atoms in total. The lowest BCUT2D eigenvalue weighted by molar-refractivity contribution is -0.137. The van der Waals surface area contributed by atoms with Crippen LogP contribution in [0.4, 0.5) is 18.9 Å². The maximum atomic E-state index is 12.7. The van der Waals surface area contributed by atoms with Crippen LogP contribution in [0.15, 0.2) is 24.4 Å². The van der Waals surface area contributed by atoms with E-state index in [1.165, 1.54) is 0 Å². The molecule has 3 N–H and O–H groups in total. The van der Waals surface area contributed by atoms with Crippen molar-refractivity contribution in [2.75, 3.05) is 5.32 Å². The molecule has 0 aliphatic rings. The van der Waals surface area contributed by atoms with Crippen molar-refractivity contribution in [3.63, 3.8) is 0 Å². The van der Waals surface area contributed by atoms with Crippen LogP contribution in [-0.2, 0) is 6.18 Å². The number of aromatic nitrogens is 4. The van der Waals surface area contributed by atoms with Gasteiger partial charge in [0.1, 0.15) is 11.6 Å². The van der Waals surface area contributed by atoms with Crippen molar-refractivity contribution in [1.82, 2.24) is 20.6 Å². The van der Waals surface area contributed by atoms with Gasteiger partial charge < -0.3 is 10.4 Å². The Bertz CT molecular complexity index is 792. The molecule has 1 heterocycles. The van der Waals surface area contributed by atoms with Gasteiger partial charge in [-0.2, -0.15) is 23.6 Å². The van der Waals surface area contributed by atoms with Crippen molar-refractivity contribution < 1.29 is 23.1 Å². The van der Waals surface area contributed by atoms with Gasteiger partial charge in [-0.05, 0) is 23.4 Å². The normalized spacial score (nSPS) is 11.8. The van der Waals surface area contributed by atoms with Crippen molar-refractivity contribution in [3.8, 4) is 6.07 Å². The summed E-state index contributed by atoms with van der Waals surface area (Å²) in [6.07, 6.45) is -3.64. The molecule has 1 aromatic carbocycles. The molecule has 0 aliphatic heterocycles. The third-order valence-corrected chi connectivity index (χ3v) is 2.66. The van der Waals surface area contributed by atoms with Gasteiger partial charge in [0.05, 0.1) is 16.8 Å². The molecular weight excluding hydrogens is 317 g/mol. The Labute approximate surface area is 126 Å². The van der Waals surface area contributed by atoms with Crippen LogP contribution in [0.25, 0.3) is 5.57 Å². The molecule has 1 aromatic heterocycles. The molecule has 0 aliphatic carbocycles. The summed E-state index contributed by atoms with van der Waals surface area (Å²) in [5, 5.41) is 32.8. The highest BCUT2D eigenvalue weighted by Gasteiger charge is 2.31. The number of nitrogens with zero attached hydrogens (tertiary/aromatic N) is 4. The first kappa shape index (κ1) is 16.0. The number of nitriles is 1. The van der Waals surface area contributed by atoms with Gasteiger partial charge in [-0.1, -0.05) is 0 Å². The molecular formula is C12H7F3N6O2. The summed E-state index contributed by atoms with van der Waals surface area (Å²) >= 11 is 0. The minimum absolute atomic E-state index is 0.0937. The van der Waals surface area contributed by atoms with Gasteiger partial charge >= 0.3 is 12.1 Å². The van der Waals surface area contributed by atoms with Gasteiger partial charge in [0.15, 0.2) is 0 Å². The smallest absolute Gasteiger partial charge is 0.416 e. The molecule has 118 valence electrons. The Kier molecular flexibility index (Phi) is 4.26. The molecule has 0 saturated heterocycles. The molecule has 0 saturated carbocycles. The number of allylic oxidation sites excluding steroid dienone is 1. The van der Waals surface area contributed by atoms with E-state index < -0.39 is 17.7 Å². The van der Waals surface area contributed by atoms with E-state index in [0.717, 1.165) is 12.3 Å². The number of tetrazole rings is 1. The molecule has 0 unspecified atom stereocenters. The number of nitrogens with one attached hydrogen (secondary N) is 2. The standard InChI is InChI=1S/C12H7F3N6O2/c13-12(14,15)7-1-2-8(11(22)23)9(3-7)17-5-6(4-16)10-18-20-21-19-10/h1-3,5,17H,(H,22,23)(H,18,19,20,21). The fourth-order valence-electron chi connectivity index (χ4n) is 1.60. The summed E-state index contributed by atoms with van der Waals surface area (Å²) in [6, 6.07) is 3.82. The Morgan fingerprint density at radius 1 is 1.43 bits per heavy atom. The number of carboxylic acids is 1. The van der Waals surface area contributed by atoms with Crippen molar-refractivity contribution >= 4 is 17.2 Å². The van der Waals surface area contributed by atoms with Gasteiger partial charge in [0.25, 0.3) is 0 Å². The number of anilines is 1. The van der Waals surface area contributed by atoms with E-state index in [4.69, 9.17) is 10.4 Å². The molecule has 11 heteroatoms. The fraction of sp³-hybridized carbons (Fsp3) is 0.0833. The summed E-state index contributed by atoms with van der Waals surface area (Å²) in [5.74, 6) is -1.52. The zero-order chi connectivity index (χ0) is 17.0. The lowest BCUT2D eigenvalue weighted by Gasteiger charge is -2.11. The van der Waals surface area contributed by atoms with E-state index in [-0.39, 0.29) is 22.6 Å². The second kappa shape index (κ2) is 6.14. The molecule has 23 heavy (non-hydrogen) atoms. The second-order valence-corrected chi connectivity index (χ2v) is 4.11. The third kappa shape index (κ3) is 3.62. The van der Waals surface area contributed by atoms with E-state index in [0.29, 0.717) is 12.1 Å². The molecule has 2 rings (SSSR count). The van der Waals surface area contributed by atoms with Gasteiger partial charge in [-0.3, -0.25) is 0 Å². The van der Waals surface area contributed by atoms with Crippen LogP contribution in [0.2, 0.25) is 0 Å². The number of hydrogen-bond donors (Lipinski definition) is 3. The predicted molar refractivity (Wildman–Crippen MR) is 69.8 cm³/mol. The average Bonchev–Trinajstić information content (AvgIpc) is 3.01.